The maximum Gasteiger partial charge on any atom is 0.248 e. The normalized spacial score (nSPS) is 10.2. The lowest BCUT2D eigenvalue weighted by molar-refractivity contribution is 0.100. The van der Waals surface area contributed by atoms with Gasteiger partial charge in [-0.2, -0.15) is 0 Å². The van der Waals surface area contributed by atoms with Crippen LogP contribution in [0, 0.1) is 6.92 Å². The van der Waals surface area contributed by atoms with Gasteiger partial charge in [-0.25, -0.2) is 4.98 Å². The summed E-state index contributed by atoms with van der Waals surface area (Å²) in [5.74, 6) is -0.483. The highest BCUT2D eigenvalue weighted by Gasteiger charge is 2.07. The summed E-state index contributed by atoms with van der Waals surface area (Å²) in [5, 5.41) is 3.80. The topological polar surface area (TPSA) is 94.0 Å². The summed E-state index contributed by atoms with van der Waals surface area (Å²) in [6.07, 6.45) is 1.77. The maximum absolute atomic E-state index is 11.1. The van der Waals surface area contributed by atoms with Crippen molar-refractivity contribution >= 4 is 33.8 Å². The van der Waals surface area contributed by atoms with Crippen molar-refractivity contribution in [3.8, 4) is 0 Å². The first kappa shape index (κ1) is 11.4. The van der Waals surface area contributed by atoms with Crippen LogP contribution in [0.5, 0.6) is 0 Å². The molecule has 0 fully saturated rings. The highest BCUT2D eigenvalue weighted by molar-refractivity contribution is 7.15. The van der Waals surface area contributed by atoms with Crippen LogP contribution in [0.1, 0.15) is 15.2 Å². The van der Waals surface area contributed by atoms with Gasteiger partial charge in [-0.15, -0.1) is 11.3 Å². The quantitative estimate of drug-likeness (QED) is 0.723. The fourth-order valence-corrected chi connectivity index (χ4v) is 2.02. The van der Waals surface area contributed by atoms with Crippen LogP contribution in [0.25, 0.3) is 0 Å². The van der Waals surface area contributed by atoms with Crippen molar-refractivity contribution in [3.05, 3.63) is 34.8 Å². The Morgan fingerprint density at radius 2 is 2.24 bits per heavy atom. The van der Waals surface area contributed by atoms with Crippen LogP contribution in [-0.4, -0.2) is 10.9 Å². The summed E-state index contributed by atoms with van der Waals surface area (Å²) < 4.78 is 0. The van der Waals surface area contributed by atoms with Gasteiger partial charge in [0.1, 0.15) is 0 Å². The molecule has 1 aromatic carbocycles. The number of amides is 1. The molecule has 0 aliphatic carbocycles. The first-order valence-corrected chi connectivity index (χ1v) is 5.76. The van der Waals surface area contributed by atoms with E-state index in [9.17, 15) is 4.79 Å². The molecule has 2 rings (SSSR count). The lowest BCUT2D eigenvalue weighted by Gasteiger charge is -2.07. The van der Waals surface area contributed by atoms with Crippen LogP contribution in [0.3, 0.4) is 0 Å². The number of benzene rings is 1. The molecule has 17 heavy (non-hydrogen) atoms. The van der Waals surface area contributed by atoms with Gasteiger partial charge in [0.05, 0.1) is 11.4 Å². The van der Waals surface area contributed by atoms with Gasteiger partial charge < -0.3 is 16.8 Å². The minimum atomic E-state index is -0.483. The van der Waals surface area contributed by atoms with Gasteiger partial charge in [0.25, 0.3) is 0 Å². The number of thiazole rings is 1. The molecule has 0 atom stereocenters. The number of carbonyl (C=O) groups excluding carboxylic acids is 1. The number of primary amides is 1. The van der Waals surface area contributed by atoms with Crippen LogP contribution in [0.15, 0.2) is 24.4 Å². The third-order valence-corrected chi connectivity index (χ3v) is 3.03. The number of nitrogens with zero attached hydrogens (tertiary/aromatic N) is 1. The van der Waals surface area contributed by atoms with Crippen molar-refractivity contribution in [2.24, 2.45) is 5.73 Å². The van der Waals surface area contributed by atoms with E-state index in [-0.39, 0.29) is 0 Å². The van der Waals surface area contributed by atoms with E-state index in [1.54, 1.807) is 24.4 Å². The standard InChI is InChI=1S/C11H12N4OS/c1-6-5-14-11(17-6)15-9-4-7(10(13)16)2-3-8(9)12/h2-5H,12H2,1H3,(H2,13,16)(H,14,15). The van der Waals surface area contributed by atoms with E-state index in [1.165, 1.54) is 11.3 Å². The summed E-state index contributed by atoms with van der Waals surface area (Å²) >= 11 is 1.51. The van der Waals surface area contributed by atoms with Crippen molar-refractivity contribution in [3.63, 3.8) is 0 Å². The Labute approximate surface area is 102 Å². The molecule has 0 aliphatic heterocycles. The predicted octanol–water partition coefficient (Wildman–Crippen LogP) is 1.88. The second-order valence-corrected chi connectivity index (χ2v) is 4.80. The van der Waals surface area contributed by atoms with Crippen LogP contribution >= 0.6 is 11.3 Å². The molecule has 0 unspecified atom stereocenters. The number of anilines is 3. The van der Waals surface area contributed by atoms with Gasteiger partial charge in [0, 0.05) is 16.6 Å². The molecule has 0 saturated heterocycles. The molecule has 6 heteroatoms. The smallest absolute Gasteiger partial charge is 0.248 e. The van der Waals surface area contributed by atoms with E-state index in [1.807, 2.05) is 6.92 Å². The van der Waals surface area contributed by atoms with Gasteiger partial charge in [0.2, 0.25) is 5.91 Å². The van der Waals surface area contributed by atoms with Gasteiger partial charge in [0.15, 0.2) is 5.13 Å². The number of nitrogens with two attached hydrogens (primary N) is 2. The second-order valence-electron chi connectivity index (χ2n) is 3.57. The Kier molecular flexibility index (Phi) is 2.97. The van der Waals surface area contributed by atoms with E-state index in [4.69, 9.17) is 11.5 Å². The number of rotatable bonds is 3. The Balaban J connectivity index is 2.31. The monoisotopic (exact) mass is 248 g/mol. The molecule has 0 saturated carbocycles. The molecule has 5 nitrogen and oxygen atoms in total. The predicted molar refractivity (Wildman–Crippen MR) is 69.5 cm³/mol. The lowest BCUT2D eigenvalue weighted by atomic mass is 10.1. The number of aromatic nitrogens is 1. The fraction of sp³-hybridized carbons (Fsp3) is 0.0909. The summed E-state index contributed by atoms with van der Waals surface area (Å²) in [4.78, 5) is 16.3. The van der Waals surface area contributed by atoms with Crippen molar-refractivity contribution in [1.82, 2.24) is 4.98 Å². The second kappa shape index (κ2) is 4.42. The summed E-state index contributed by atoms with van der Waals surface area (Å²) in [6.45, 7) is 1.96. The molecule has 0 bridgehead atoms. The lowest BCUT2D eigenvalue weighted by Crippen LogP contribution is -2.11. The molecule has 5 N–H and O–H groups in total. The SMILES string of the molecule is Cc1cnc(Nc2cc(C(N)=O)ccc2N)s1. The van der Waals surface area contributed by atoms with Crippen LogP contribution < -0.4 is 16.8 Å². The maximum atomic E-state index is 11.1. The fourth-order valence-electron chi connectivity index (χ4n) is 1.35. The number of nitrogens with one attached hydrogen (secondary N) is 1. The van der Waals surface area contributed by atoms with Gasteiger partial charge >= 0.3 is 0 Å². The molecule has 1 aromatic heterocycles. The number of nitrogen functional groups attached to an aromatic ring is 1. The van der Waals surface area contributed by atoms with Crippen LogP contribution in [0.2, 0.25) is 0 Å². The van der Waals surface area contributed by atoms with Gasteiger partial charge in [-0.05, 0) is 25.1 Å². The molecule has 0 aliphatic rings. The number of hydrogen-bond donors (Lipinski definition) is 3. The molecule has 88 valence electrons. The third-order valence-electron chi connectivity index (χ3n) is 2.20. The van der Waals surface area contributed by atoms with Crippen molar-refractivity contribution in [1.29, 1.82) is 0 Å². The van der Waals surface area contributed by atoms with Crippen molar-refractivity contribution in [2.75, 3.05) is 11.1 Å². The average Bonchev–Trinajstić information content (AvgIpc) is 2.67. The minimum absolute atomic E-state index is 0.412. The third kappa shape index (κ3) is 2.54. The van der Waals surface area contributed by atoms with E-state index < -0.39 is 5.91 Å². The van der Waals surface area contributed by atoms with Crippen molar-refractivity contribution < 1.29 is 4.79 Å². The van der Waals surface area contributed by atoms with E-state index >= 15 is 0 Å². The highest BCUT2D eigenvalue weighted by Crippen LogP contribution is 2.26. The summed E-state index contributed by atoms with van der Waals surface area (Å²) in [5.41, 5.74) is 12.6. The molecule has 0 spiro atoms. The number of aryl methyl sites for hydroxylation is 1. The zero-order valence-electron chi connectivity index (χ0n) is 9.23. The van der Waals surface area contributed by atoms with E-state index in [2.05, 4.69) is 10.3 Å². The molecule has 0 radical (unpaired) electrons. The highest BCUT2D eigenvalue weighted by atomic mass is 32.1. The van der Waals surface area contributed by atoms with Crippen LogP contribution in [0.4, 0.5) is 16.5 Å². The molecule has 2 aromatic rings. The molecular weight excluding hydrogens is 236 g/mol. The molecule has 1 heterocycles. The average molecular weight is 248 g/mol. The van der Waals surface area contributed by atoms with E-state index in [0.717, 1.165) is 10.0 Å². The van der Waals surface area contributed by atoms with E-state index in [0.29, 0.717) is 16.9 Å². The Bertz CT molecular complexity index is 564. The zero-order chi connectivity index (χ0) is 12.4. The van der Waals surface area contributed by atoms with Gasteiger partial charge in [-0.1, -0.05) is 0 Å². The molecule has 1 amide bonds. The van der Waals surface area contributed by atoms with Crippen molar-refractivity contribution in [2.45, 2.75) is 6.92 Å². The Morgan fingerprint density at radius 3 is 2.82 bits per heavy atom. The zero-order valence-corrected chi connectivity index (χ0v) is 10.0. The largest absolute Gasteiger partial charge is 0.397 e. The Morgan fingerprint density at radius 1 is 1.47 bits per heavy atom. The first-order valence-electron chi connectivity index (χ1n) is 4.95. The Hall–Kier alpha value is -2.08. The number of carbonyl (C=O) groups is 1. The first-order chi connectivity index (χ1) is 8.06. The molecular formula is C11H12N4OS. The number of hydrogen-bond acceptors (Lipinski definition) is 5. The summed E-state index contributed by atoms with van der Waals surface area (Å²) in [6, 6.07) is 4.85. The van der Waals surface area contributed by atoms with Gasteiger partial charge in [-0.3, -0.25) is 4.79 Å². The minimum Gasteiger partial charge on any atom is -0.397 e. The summed E-state index contributed by atoms with van der Waals surface area (Å²) in [7, 11) is 0. The van der Waals surface area contributed by atoms with Crippen LogP contribution in [-0.2, 0) is 0 Å².